The summed E-state index contributed by atoms with van der Waals surface area (Å²) in [4.78, 5) is 30.4. The fourth-order valence-electron chi connectivity index (χ4n) is 2.80. The Bertz CT molecular complexity index is 779. The molecule has 2 amide bonds. The molecule has 130 valence electrons. The van der Waals surface area contributed by atoms with Gasteiger partial charge in [0.25, 0.3) is 0 Å². The van der Waals surface area contributed by atoms with E-state index in [2.05, 4.69) is 10.3 Å². The van der Waals surface area contributed by atoms with E-state index >= 15 is 0 Å². The van der Waals surface area contributed by atoms with Crippen molar-refractivity contribution >= 4 is 23.2 Å². The number of benzene rings is 1. The van der Waals surface area contributed by atoms with Crippen LogP contribution in [0.3, 0.4) is 0 Å². The van der Waals surface area contributed by atoms with Crippen LogP contribution in [0.2, 0.25) is 0 Å². The van der Waals surface area contributed by atoms with E-state index in [-0.39, 0.29) is 18.2 Å². The van der Waals surface area contributed by atoms with Crippen molar-refractivity contribution in [1.29, 1.82) is 0 Å². The molecule has 3 rings (SSSR count). The summed E-state index contributed by atoms with van der Waals surface area (Å²) in [6.07, 6.45) is 3.35. The molecule has 0 bridgehead atoms. The maximum atomic E-state index is 12.4. The average molecular weight is 341 g/mol. The molecule has 1 aromatic heterocycles. The predicted molar refractivity (Wildman–Crippen MR) is 92.9 cm³/mol. The Labute approximate surface area is 145 Å². The molecule has 0 saturated carbocycles. The van der Waals surface area contributed by atoms with Gasteiger partial charge in [-0.3, -0.25) is 14.6 Å². The van der Waals surface area contributed by atoms with Crippen molar-refractivity contribution in [2.45, 2.75) is 6.42 Å². The van der Waals surface area contributed by atoms with Crippen LogP contribution in [-0.2, 0) is 9.59 Å². The molecule has 1 aliphatic heterocycles. The largest absolute Gasteiger partial charge is 0.497 e. The molecule has 25 heavy (non-hydrogen) atoms. The van der Waals surface area contributed by atoms with Gasteiger partial charge in [0.05, 0.1) is 37.7 Å². The molecular weight excluding hydrogens is 322 g/mol. The van der Waals surface area contributed by atoms with E-state index in [0.717, 1.165) is 0 Å². The highest BCUT2D eigenvalue weighted by Crippen LogP contribution is 2.35. The predicted octanol–water partition coefficient (Wildman–Crippen LogP) is 2.09. The van der Waals surface area contributed by atoms with Gasteiger partial charge >= 0.3 is 0 Å². The van der Waals surface area contributed by atoms with E-state index in [9.17, 15) is 9.59 Å². The number of hydrogen-bond donors (Lipinski definition) is 1. The molecule has 1 atom stereocenters. The summed E-state index contributed by atoms with van der Waals surface area (Å²) in [6.45, 7) is 0.299. The normalized spacial score (nSPS) is 16.6. The minimum Gasteiger partial charge on any atom is -0.497 e. The second-order valence-electron chi connectivity index (χ2n) is 5.67. The lowest BCUT2D eigenvalue weighted by Crippen LogP contribution is -2.28. The van der Waals surface area contributed by atoms with Crippen molar-refractivity contribution in [3.8, 4) is 11.5 Å². The number of carbonyl (C=O) groups is 2. The SMILES string of the molecule is COc1ccc(N2C[C@@H](C(=O)Nc3cccnc3)CC2=O)c(OC)c1. The quantitative estimate of drug-likeness (QED) is 0.901. The second-order valence-corrected chi connectivity index (χ2v) is 5.67. The molecule has 0 aliphatic carbocycles. The van der Waals surface area contributed by atoms with Crippen LogP contribution < -0.4 is 19.7 Å². The summed E-state index contributed by atoms with van der Waals surface area (Å²) in [5, 5.41) is 2.79. The molecule has 0 radical (unpaired) electrons. The van der Waals surface area contributed by atoms with Crippen LogP contribution in [0.5, 0.6) is 11.5 Å². The van der Waals surface area contributed by atoms with E-state index in [0.29, 0.717) is 29.4 Å². The molecule has 2 heterocycles. The van der Waals surface area contributed by atoms with E-state index < -0.39 is 5.92 Å². The van der Waals surface area contributed by atoms with E-state index in [1.165, 1.54) is 7.11 Å². The highest BCUT2D eigenvalue weighted by molar-refractivity contribution is 6.04. The Kier molecular flexibility index (Phi) is 4.83. The molecule has 1 aliphatic rings. The number of rotatable bonds is 5. The van der Waals surface area contributed by atoms with Crippen LogP contribution in [0.1, 0.15) is 6.42 Å². The second kappa shape index (κ2) is 7.21. The first-order valence-corrected chi connectivity index (χ1v) is 7.85. The van der Waals surface area contributed by atoms with Crippen LogP contribution in [-0.4, -0.2) is 37.6 Å². The topological polar surface area (TPSA) is 80.8 Å². The zero-order valence-corrected chi connectivity index (χ0v) is 14.1. The number of anilines is 2. The number of nitrogens with one attached hydrogen (secondary N) is 1. The Hall–Kier alpha value is -3.09. The number of carbonyl (C=O) groups excluding carboxylic acids is 2. The van der Waals surface area contributed by atoms with E-state index in [1.807, 2.05) is 0 Å². The third kappa shape index (κ3) is 3.55. The standard InChI is InChI=1S/C18H19N3O4/c1-24-14-5-6-15(16(9-14)25-2)21-11-12(8-17(21)22)18(23)20-13-4-3-7-19-10-13/h3-7,9-10,12H,8,11H2,1-2H3,(H,20,23)/t12-/m0/s1. The lowest BCUT2D eigenvalue weighted by molar-refractivity contribution is -0.122. The summed E-state index contributed by atoms with van der Waals surface area (Å²) in [5.41, 5.74) is 1.24. The number of aromatic nitrogens is 1. The van der Waals surface area contributed by atoms with Gasteiger partial charge < -0.3 is 19.7 Å². The van der Waals surface area contributed by atoms with Crippen molar-refractivity contribution < 1.29 is 19.1 Å². The highest BCUT2D eigenvalue weighted by Gasteiger charge is 2.36. The summed E-state index contributed by atoms with van der Waals surface area (Å²) in [5.74, 6) is 0.421. The van der Waals surface area contributed by atoms with Crippen LogP contribution in [0.4, 0.5) is 11.4 Å². The fourth-order valence-corrected chi connectivity index (χ4v) is 2.80. The molecule has 1 N–H and O–H groups in total. The van der Waals surface area contributed by atoms with Crippen LogP contribution in [0.25, 0.3) is 0 Å². The summed E-state index contributed by atoms with van der Waals surface area (Å²) in [6, 6.07) is 8.73. The molecule has 0 spiro atoms. The zero-order chi connectivity index (χ0) is 17.8. The molecule has 7 heteroatoms. The molecule has 2 aromatic rings. The number of ether oxygens (including phenoxy) is 2. The van der Waals surface area contributed by atoms with Crippen molar-refractivity contribution in [1.82, 2.24) is 4.98 Å². The number of hydrogen-bond acceptors (Lipinski definition) is 5. The third-order valence-electron chi connectivity index (χ3n) is 4.10. The first kappa shape index (κ1) is 16.8. The highest BCUT2D eigenvalue weighted by atomic mass is 16.5. The van der Waals surface area contributed by atoms with Gasteiger partial charge in [0, 0.05) is 25.2 Å². The van der Waals surface area contributed by atoms with Gasteiger partial charge in [-0.1, -0.05) is 0 Å². The molecule has 1 aromatic carbocycles. The molecule has 1 fully saturated rings. The first-order valence-electron chi connectivity index (χ1n) is 7.85. The van der Waals surface area contributed by atoms with Crippen molar-refractivity contribution in [2.75, 3.05) is 31.0 Å². The number of methoxy groups -OCH3 is 2. The maximum Gasteiger partial charge on any atom is 0.229 e. The van der Waals surface area contributed by atoms with Gasteiger partial charge in [0.1, 0.15) is 11.5 Å². The van der Waals surface area contributed by atoms with Crippen molar-refractivity contribution in [3.05, 3.63) is 42.7 Å². The minimum atomic E-state index is -0.431. The lowest BCUT2D eigenvalue weighted by atomic mass is 10.1. The molecular formula is C18H19N3O4. The van der Waals surface area contributed by atoms with Crippen molar-refractivity contribution in [2.24, 2.45) is 5.92 Å². The summed E-state index contributed by atoms with van der Waals surface area (Å²) < 4.78 is 10.5. The maximum absolute atomic E-state index is 12.4. The Morgan fingerprint density at radius 3 is 2.80 bits per heavy atom. The van der Waals surface area contributed by atoms with E-state index in [4.69, 9.17) is 9.47 Å². The first-order chi connectivity index (χ1) is 12.1. The lowest BCUT2D eigenvalue weighted by Gasteiger charge is -2.20. The summed E-state index contributed by atoms with van der Waals surface area (Å²) >= 11 is 0. The van der Waals surface area contributed by atoms with Gasteiger partial charge in [-0.05, 0) is 24.3 Å². The van der Waals surface area contributed by atoms with Crippen LogP contribution in [0, 0.1) is 5.92 Å². The molecule has 7 nitrogen and oxygen atoms in total. The van der Waals surface area contributed by atoms with Crippen LogP contribution in [0.15, 0.2) is 42.7 Å². The number of pyridine rings is 1. The zero-order valence-electron chi connectivity index (χ0n) is 14.1. The van der Waals surface area contributed by atoms with Gasteiger partial charge in [-0.15, -0.1) is 0 Å². The van der Waals surface area contributed by atoms with Crippen molar-refractivity contribution in [3.63, 3.8) is 0 Å². The fraction of sp³-hybridized carbons (Fsp3) is 0.278. The average Bonchev–Trinajstić information content (AvgIpc) is 3.03. The minimum absolute atomic E-state index is 0.116. The smallest absolute Gasteiger partial charge is 0.229 e. The molecule has 1 saturated heterocycles. The Morgan fingerprint density at radius 1 is 1.28 bits per heavy atom. The van der Waals surface area contributed by atoms with Gasteiger partial charge in [-0.2, -0.15) is 0 Å². The van der Waals surface area contributed by atoms with Gasteiger partial charge in [0.15, 0.2) is 0 Å². The van der Waals surface area contributed by atoms with E-state index in [1.54, 1.807) is 54.7 Å². The van der Waals surface area contributed by atoms with Gasteiger partial charge in [0.2, 0.25) is 11.8 Å². The third-order valence-corrected chi connectivity index (χ3v) is 4.10. The Balaban J connectivity index is 1.75. The monoisotopic (exact) mass is 341 g/mol. The Morgan fingerprint density at radius 2 is 2.12 bits per heavy atom. The van der Waals surface area contributed by atoms with Gasteiger partial charge in [-0.25, -0.2) is 0 Å². The summed E-state index contributed by atoms with van der Waals surface area (Å²) in [7, 11) is 3.10. The number of nitrogens with zero attached hydrogens (tertiary/aromatic N) is 2. The van der Waals surface area contributed by atoms with Crippen LogP contribution >= 0.6 is 0 Å². The molecule has 0 unspecified atom stereocenters. The number of amides is 2.